The average Bonchev–Trinajstić information content (AvgIpc) is 3.23. The Kier molecular flexibility index (Phi) is 8.01. The summed E-state index contributed by atoms with van der Waals surface area (Å²) in [7, 11) is 3.22. The van der Waals surface area contributed by atoms with Crippen molar-refractivity contribution in [3.05, 3.63) is 36.2 Å². The molecule has 0 bridgehead atoms. The number of nitrogens with one attached hydrogen (secondary N) is 2. The predicted octanol–water partition coefficient (Wildman–Crippen LogP) is 2.05. The molecule has 8 nitrogen and oxygen atoms in total. The first-order valence-electron chi connectivity index (χ1n) is 8.69. The van der Waals surface area contributed by atoms with Crippen molar-refractivity contribution < 1.29 is 9.53 Å². The van der Waals surface area contributed by atoms with Gasteiger partial charge in [0.25, 0.3) is 0 Å². The van der Waals surface area contributed by atoms with E-state index in [0.717, 1.165) is 48.8 Å². The molecule has 1 aromatic heterocycles. The van der Waals surface area contributed by atoms with Gasteiger partial charge in [-0.3, -0.25) is 14.9 Å². The predicted molar refractivity (Wildman–Crippen MR) is 114 cm³/mol. The number of aromatic amines is 1. The van der Waals surface area contributed by atoms with E-state index in [4.69, 9.17) is 4.74 Å². The van der Waals surface area contributed by atoms with Gasteiger partial charge in [0.1, 0.15) is 6.33 Å². The number of carbonyl (C=O) groups is 1. The third-order valence-electron chi connectivity index (χ3n) is 4.61. The molecule has 0 radical (unpaired) electrons. The fraction of sp³-hybridized carbons (Fsp3) is 0.444. The maximum absolute atomic E-state index is 11.7. The molecule has 27 heavy (non-hydrogen) atoms. The van der Waals surface area contributed by atoms with Crippen LogP contribution in [-0.4, -0.2) is 59.3 Å². The van der Waals surface area contributed by atoms with Gasteiger partial charge in [0.15, 0.2) is 11.8 Å². The summed E-state index contributed by atoms with van der Waals surface area (Å²) >= 11 is 0. The fourth-order valence-electron chi connectivity index (χ4n) is 3.18. The van der Waals surface area contributed by atoms with Gasteiger partial charge < -0.3 is 15.0 Å². The van der Waals surface area contributed by atoms with Crippen LogP contribution in [0.25, 0.3) is 11.4 Å². The zero-order valence-electron chi connectivity index (χ0n) is 15.5. The van der Waals surface area contributed by atoms with Crippen LogP contribution < -0.4 is 5.32 Å². The van der Waals surface area contributed by atoms with Crippen LogP contribution in [0.2, 0.25) is 0 Å². The zero-order chi connectivity index (χ0) is 18.4. The van der Waals surface area contributed by atoms with Gasteiger partial charge >= 0.3 is 5.97 Å². The number of aliphatic imine (C=N–C) groups is 1. The number of methoxy groups -OCH3 is 1. The van der Waals surface area contributed by atoms with Crippen molar-refractivity contribution in [2.24, 2.45) is 10.9 Å². The van der Waals surface area contributed by atoms with Crippen LogP contribution in [-0.2, 0) is 16.1 Å². The smallest absolute Gasteiger partial charge is 0.308 e. The largest absolute Gasteiger partial charge is 0.469 e. The summed E-state index contributed by atoms with van der Waals surface area (Å²) in [6.07, 6.45) is 3.07. The number of likely N-dealkylation sites (tertiary alicyclic amines) is 1. The van der Waals surface area contributed by atoms with E-state index in [-0.39, 0.29) is 35.9 Å². The van der Waals surface area contributed by atoms with Crippen LogP contribution in [0.1, 0.15) is 18.4 Å². The van der Waals surface area contributed by atoms with Gasteiger partial charge in [0, 0.05) is 32.2 Å². The minimum absolute atomic E-state index is 0. The average molecular weight is 484 g/mol. The molecule has 0 atom stereocenters. The molecule has 2 aromatic rings. The molecule has 3 rings (SSSR count). The summed E-state index contributed by atoms with van der Waals surface area (Å²) in [6, 6.07) is 8.13. The number of nitrogens with zero attached hydrogens (tertiary/aromatic N) is 4. The molecule has 2 N–H and O–H groups in total. The molecule has 1 fully saturated rings. The van der Waals surface area contributed by atoms with Crippen molar-refractivity contribution in [1.82, 2.24) is 25.4 Å². The normalized spacial score (nSPS) is 15.2. The summed E-state index contributed by atoms with van der Waals surface area (Å²) in [5.74, 6) is 1.48. The third kappa shape index (κ3) is 5.41. The minimum atomic E-state index is -0.114. The second-order valence-electron chi connectivity index (χ2n) is 6.22. The Balaban J connectivity index is 0.00000261. The Labute approximate surface area is 175 Å². The van der Waals surface area contributed by atoms with Crippen molar-refractivity contribution in [3.63, 3.8) is 0 Å². The highest BCUT2D eigenvalue weighted by Gasteiger charge is 2.26. The number of hydrogen-bond donors (Lipinski definition) is 2. The molecular formula is C18H25IN6O2. The molecule has 0 amide bonds. The number of ether oxygens (including phenoxy) is 1. The minimum Gasteiger partial charge on any atom is -0.469 e. The second kappa shape index (κ2) is 10.2. The van der Waals surface area contributed by atoms with Crippen molar-refractivity contribution in [1.29, 1.82) is 0 Å². The number of rotatable bonds is 4. The molecule has 0 aliphatic carbocycles. The highest BCUT2D eigenvalue weighted by molar-refractivity contribution is 14.0. The Morgan fingerprint density at radius 2 is 2.19 bits per heavy atom. The van der Waals surface area contributed by atoms with Crippen LogP contribution in [0, 0.1) is 5.92 Å². The number of hydrogen-bond acceptors (Lipinski definition) is 5. The van der Waals surface area contributed by atoms with Crippen LogP contribution in [0.4, 0.5) is 0 Å². The molecule has 1 aliphatic rings. The van der Waals surface area contributed by atoms with E-state index < -0.39 is 0 Å². The molecule has 146 valence electrons. The Hall–Kier alpha value is -2.17. The standard InChI is InChI=1S/C18H24N6O2.HI/c1-19-18(24-8-6-14(7-9-24)17(25)26-2)20-11-13-4-3-5-15(10-13)16-21-12-22-23-16;/h3-5,10,12,14H,6-9,11H2,1-2H3,(H,19,20)(H,21,22,23);1H. The Morgan fingerprint density at radius 1 is 1.41 bits per heavy atom. The topological polar surface area (TPSA) is 95.5 Å². The van der Waals surface area contributed by atoms with E-state index in [1.807, 2.05) is 12.1 Å². The van der Waals surface area contributed by atoms with Gasteiger partial charge in [-0.15, -0.1) is 24.0 Å². The number of aromatic nitrogens is 3. The number of piperidine rings is 1. The lowest BCUT2D eigenvalue weighted by Crippen LogP contribution is -2.46. The fourth-order valence-corrected chi connectivity index (χ4v) is 3.18. The maximum Gasteiger partial charge on any atom is 0.308 e. The lowest BCUT2D eigenvalue weighted by Gasteiger charge is -2.33. The first-order chi connectivity index (χ1) is 12.7. The summed E-state index contributed by atoms with van der Waals surface area (Å²) in [5.41, 5.74) is 2.13. The highest BCUT2D eigenvalue weighted by Crippen LogP contribution is 2.19. The molecule has 0 spiro atoms. The van der Waals surface area contributed by atoms with E-state index in [2.05, 4.69) is 42.5 Å². The Bertz CT molecular complexity index is 757. The van der Waals surface area contributed by atoms with E-state index in [1.54, 1.807) is 7.05 Å². The zero-order valence-corrected chi connectivity index (χ0v) is 17.8. The van der Waals surface area contributed by atoms with E-state index in [0.29, 0.717) is 6.54 Å². The van der Waals surface area contributed by atoms with Crippen molar-refractivity contribution in [3.8, 4) is 11.4 Å². The van der Waals surface area contributed by atoms with Gasteiger partial charge in [0.05, 0.1) is 13.0 Å². The monoisotopic (exact) mass is 484 g/mol. The molecule has 9 heteroatoms. The number of carbonyl (C=O) groups excluding carboxylic acids is 1. The van der Waals surface area contributed by atoms with Crippen molar-refractivity contribution >= 4 is 35.9 Å². The highest BCUT2D eigenvalue weighted by atomic mass is 127. The van der Waals surface area contributed by atoms with Crippen LogP contribution in [0.5, 0.6) is 0 Å². The maximum atomic E-state index is 11.7. The number of esters is 1. The molecule has 1 saturated heterocycles. The number of guanidine groups is 1. The third-order valence-corrected chi connectivity index (χ3v) is 4.61. The van der Waals surface area contributed by atoms with Gasteiger partial charge in [0.2, 0.25) is 0 Å². The van der Waals surface area contributed by atoms with Gasteiger partial charge in [-0.05, 0) is 24.5 Å². The number of halogens is 1. The summed E-state index contributed by atoms with van der Waals surface area (Å²) in [5, 5.41) is 10.2. The van der Waals surface area contributed by atoms with Gasteiger partial charge in [-0.2, -0.15) is 5.10 Å². The lowest BCUT2D eigenvalue weighted by molar-refractivity contribution is -0.146. The molecule has 2 heterocycles. The first kappa shape index (κ1) is 21.1. The van der Waals surface area contributed by atoms with Gasteiger partial charge in [-0.1, -0.05) is 18.2 Å². The molecular weight excluding hydrogens is 459 g/mol. The van der Waals surface area contributed by atoms with E-state index in [9.17, 15) is 4.79 Å². The van der Waals surface area contributed by atoms with Crippen molar-refractivity contribution in [2.75, 3.05) is 27.2 Å². The summed E-state index contributed by atoms with van der Waals surface area (Å²) in [4.78, 5) is 22.4. The summed E-state index contributed by atoms with van der Waals surface area (Å²) in [6.45, 7) is 2.24. The van der Waals surface area contributed by atoms with Gasteiger partial charge in [-0.25, -0.2) is 4.98 Å². The van der Waals surface area contributed by atoms with E-state index >= 15 is 0 Å². The number of H-pyrrole nitrogens is 1. The molecule has 1 aliphatic heterocycles. The quantitative estimate of drug-likeness (QED) is 0.299. The molecule has 1 aromatic carbocycles. The SMILES string of the molecule is CN=C(NCc1cccc(-c2ncn[nH]2)c1)N1CCC(C(=O)OC)CC1.I. The molecule has 0 unspecified atom stereocenters. The summed E-state index contributed by atoms with van der Waals surface area (Å²) < 4.78 is 4.84. The van der Waals surface area contributed by atoms with Crippen molar-refractivity contribution in [2.45, 2.75) is 19.4 Å². The lowest BCUT2D eigenvalue weighted by atomic mass is 9.97. The van der Waals surface area contributed by atoms with Crippen LogP contribution in [0.3, 0.4) is 0 Å². The first-order valence-corrected chi connectivity index (χ1v) is 8.69. The molecule has 0 saturated carbocycles. The van der Waals surface area contributed by atoms with Crippen LogP contribution in [0.15, 0.2) is 35.6 Å². The Morgan fingerprint density at radius 3 is 2.81 bits per heavy atom. The second-order valence-corrected chi connectivity index (χ2v) is 6.22. The number of benzene rings is 1. The van der Waals surface area contributed by atoms with E-state index in [1.165, 1.54) is 13.4 Å². The van der Waals surface area contributed by atoms with Crippen LogP contribution >= 0.6 is 24.0 Å².